The summed E-state index contributed by atoms with van der Waals surface area (Å²) in [6.45, 7) is 6.37. The topological polar surface area (TPSA) is 168 Å². The molecule has 0 amide bonds. The molecule has 20 rings (SSSR count). The molecule has 12 aromatic carbocycles. The number of phenols is 1. The van der Waals surface area contributed by atoms with Gasteiger partial charge in [0.2, 0.25) is 17.6 Å². The molecule has 0 bridgehead atoms. The van der Waals surface area contributed by atoms with Crippen molar-refractivity contribution in [2.24, 2.45) is 7.05 Å². The molecular formula is C103H82N11O4Pd3-. The molecule has 604 valence electrons. The van der Waals surface area contributed by atoms with Gasteiger partial charge in [-0.15, -0.1) is 84.3 Å². The third kappa shape index (κ3) is 23.4. The van der Waals surface area contributed by atoms with E-state index in [2.05, 4.69) is 247 Å². The molecule has 1 fully saturated rings. The summed E-state index contributed by atoms with van der Waals surface area (Å²) in [4.78, 5) is 21.8. The number of rotatable bonds is 15. The molecule has 1 saturated heterocycles. The number of hydrogen-bond donors (Lipinski definition) is 1. The maximum atomic E-state index is 8.63. The van der Waals surface area contributed by atoms with E-state index in [9.17, 15) is 0 Å². The molecule has 1 aliphatic heterocycles. The number of pyridine rings is 3. The van der Waals surface area contributed by atoms with Gasteiger partial charge in [-0.05, 0) is 116 Å². The van der Waals surface area contributed by atoms with Crippen LogP contribution in [0.4, 0.5) is 0 Å². The molecule has 121 heavy (non-hydrogen) atoms. The average molecular weight is 1860 g/mol. The second-order valence-electron chi connectivity index (χ2n) is 27.4. The van der Waals surface area contributed by atoms with Crippen molar-refractivity contribution in [3.63, 3.8) is 0 Å². The molecule has 0 aliphatic carbocycles. The molecule has 0 atom stereocenters. The van der Waals surface area contributed by atoms with Crippen molar-refractivity contribution in [2.45, 2.75) is 26.7 Å². The van der Waals surface area contributed by atoms with Crippen LogP contribution in [0.1, 0.15) is 24.2 Å². The minimum atomic E-state index is 0. The van der Waals surface area contributed by atoms with Crippen molar-refractivity contribution in [3.05, 3.63) is 424 Å². The van der Waals surface area contributed by atoms with Crippen molar-refractivity contribution in [1.29, 1.82) is 0 Å². The van der Waals surface area contributed by atoms with Gasteiger partial charge in [-0.2, -0.15) is 22.3 Å². The van der Waals surface area contributed by atoms with E-state index < -0.39 is 0 Å². The Morgan fingerprint density at radius 3 is 1.21 bits per heavy atom. The zero-order valence-corrected chi connectivity index (χ0v) is 71.0. The first-order valence-electron chi connectivity index (χ1n) is 38.9. The summed E-state index contributed by atoms with van der Waals surface area (Å²) in [6, 6.07) is 126. The number of benzene rings is 12. The summed E-state index contributed by atoms with van der Waals surface area (Å²) in [5.74, 6) is 4.55. The van der Waals surface area contributed by atoms with Crippen molar-refractivity contribution >= 4 is 21.8 Å². The number of imidazole rings is 1. The quantitative estimate of drug-likeness (QED) is 0.0766. The summed E-state index contributed by atoms with van der Waals surface area (Å²) in [5.41, 5.74) is 20.5. The van der Waals surface area contributed by atoms with E-state index in [-0.39, 0.29) is 61.3 Å². The zero-order valence-electron chi connectivity index (χ0n) is 66.3. The number of hydrogen-bond acceptors (Lipinski definition) is 10. The number of ether oxygens (including phenoxy) is 3. The number of phenolic OH excluding ortho intramolecular Hbond substituents is 1. The third-order valence-electron chi connectivity index (χ3n) is 19.3. The summed E-state index contributed by atoms with van der Waals surface area (Å²) in [6.07, 6.45) is 13.5. The predicted molar refractivity (Wildman–Crippen MR) is 473 cm³/mol. The fourth-order valence-corrected chi connectivity index (χ4v) is 13.4. The van der Waals surface area contributed by atoms with Crippen molar-refractivity contribution in [3.8, 4) is 130 Å². The largest absolute Gasteiger partial charge is 2.00 e. The third-order valence-corrected chi connectivity index (χ3v) is 19.3. The van der Waals surface area contributed by atoms with E-state index in [0.29, 0.717) is 40.6 Å². The van der Waals surface area contributed by atoms with Crippen LogP contribution < -0.4 is 19.2 Å². The SMILES string of the molecule is C1CC[N-]C1.Cc1nn(-c2[c-]c(Oc3ccccn3)ccc2)c(C)c1-c1ccc(-c2ccccc2)cc1.Cn1c(-c2ccc(-c3ccccc3)cc2)cnc1-c1[c-]c(Oc2ccccn2)ccc1.Oc1ccccc1.[Pd+2].[Pd+2].[Pd].[c-]1c(Oc2ccccn2)cccc1-n1cc(-c2ccc(-c3ccccc3)cc2)cn1.c1ccc2c(c1)[n-]c1ccccc12. The monoisotopic (exact) mass is 1850 g/mol. The molecule has 1 aliphatic rings. The number of aromatic nitrogens is 10. The number of aryl methyl sites for hydroxylation is 1. The van der Waals surface area contributed by atoms with Crippen LogP contribution in [0, 0.1) is 32.0 Å². The van der Waals surface area contributed by atoms with Gasteiger partial charge >= 0.3 is 40.8 Å². The summed E-state index contributed by atoms with van der Waals surface area (Å²) < 4.78 is 23.2. The number of nitrogens with zero attached hydrogens (tertiary/aromatic N) is 11. The number of fused-ring (bicyclic) bond motifs is 3. The van der Waals surface area contributed by atoms with E-state index in [4.69, 9.17) is 24.4 Å². The van der Waals surface area contributed by atoms with Gasteiger partial charge in [0.05, 0.1) is 23.4 Å². The molecule has 15 nitrogen and oxygen atoms in total. The van der Waals surface area contributed by atoms with Gasteiger partial charge in [-0.25, -0.2) is 15.0 Å². The van der Waals surface area contributed by atoms with Crippen LogP contribution in [0.15, 0.2) is 389 Å². The van der Waals surface area contributed by atoms with E-state index >= 15 is 0 Å². The molecule has 19 aromatic rings. The first-order chi connectivity index (χ1) is 58.2. The smallest absolute Gasteiger partial charge is 0.662 e. The Kier molecular flexibility index (Phi) is 31.6. The average Bonchev–Trinajstić information content (AvgIpc) is 1.70. The summed E-state index contributed by atoms with van der Waals surface area (Å²) in [5, 5.41) is 24.5. The Balaban J connectivity index is 0.000000143. The zero-order chi connectivity index (χ0) is 80.5. The molecule has 1 N–H and O–H groups in total. The van der Waals surface area contributed by atoms with E-state index in [0.717, 1.165) is 91.8 Å². The molecule has 0 unspecified atom stereocenters. The Labute approximate surface area is 746 Å². The second-order valence-corrected chi connectivity index (χ2v) is 27.4. The second kappa shape index (κ2) is 43.9. The first kappa shape index (κ1) is 87.0. The van der Waals surface area contributed by atoms with Gasteiger partial charge in [-0.1, -0.05) is 268 Å². The van der Waals surface area contributed by atoms with Crippen molar-refractivity contribution in [1.82, 2.24) is 49.0 Å². The number of aromatic hydroxyl groups is 1. The van der Waals surface area contributed by atoms with E-state index in [1.807, 2.05) is 183 Å². The van der Waals surface area contributed by atoms with Gasteiger partial charge in [0.1, 0.15) is 5.75 Å². The van der Waals surface area contributed by atoms with Gasteiger partial charge in [-0.3, -0.25) is 14.3 Å². The fraction of sp³-hybridized carbons (Fsp3) is 0.0680. The molecule has 0 radical (unpaired) electrons. The van der Waals surface area contributed by atoms with Gasteiger partial charge in [0, 0.05) is 111 Å². The van der Waals surface area contributed by atoms with Crippen LogP contribution >= 0.6 is 0 Å². The van der Waals surface area contributed by atoms with Crippen LogP contribution in [-0.2, 0) is 68.3 Å². The molecule has 8 heterocycles. The Hall–Kier alpha value is -13.3. The normalized spacial score (nSPS) is 10.9. The maximum Gasteiger partial charge on any atom is 2.00 e. The van der Waals surface area contributed by atoms with Crippen molar-refractivity contribution < 1.29 is 80.6 Å². The predicted octanol–water partition coefficient (Wildman–Crippen LogP) is 24.9. The molecule has 0 saturated carbocycles. The van der Waals surface area contributed by atoms with Crippen LogP contribution in [-0.4, -0.2) is 62.3 Å². The van der Waals surface area contributed by atoms with Crippen LogP contribution in [0.3, 0.4) is 0 Å². The molecule has 18 heteroatoms. The fourth-order valence-electron chi connectivity index (χ4n) is 13.4. The standard InChI is InChI=1S/C28H22N3O.C27H20N3O.C26H18N3O.C12H8N.C6H6O.C4H8N.3Pd/c1-20-28(24-16-14-23(15-17-24)22-9-4-3-5-10-22)21(2)31(30-20)25-11-8-12-26(19-25)32-27-13-6-7-18-29-27;1-30-25(22-15-13-21(14-16-22)20-8-3-2-4-9-20)19-29-27(30)23-10-7-11-24(18-23)31-26-12-5-6-17-28-26;1-2-7-20(8-3-1)21-12-14-22(15-13-21)23-18-28-29(19-23)24-9-6-10-25(17-24)30-26-11-4-5-16-27-26;1-3-7-11-9(5-1)10-6-2-4-8-12(10)13-11;7-6-4-2-1-3-5-6;1-2-4-5-3-1;;;/h3-18H,1-2H3;2-17,19H,1H3;1-16,18-19H;1-8H;1-5,7H;1-4H2;;;/q4*-1;;-1;;2*+2. The van der Waals surface area contributed by atoms with Crippen LogP contribution in [0.2, 0.25) is 0 Å². The first-order valence-corrected chi connectivity index (χ1v) is 38.9. The van der Waals surface area contributed by atoms with Crippen LogP contribution in [0.5, 0.6) is 40.6 Å². The Morgan fingerprint density at radius 2 is 0.769 bits per heavy atom. The van der Waals surface area contributed by atoms with Crippen molar-refractivity contribution in [2.75, 3.05) is 13.1 Å². The minimum absolute atomic E-state index is 0. The summed E-state index contributed by atoms with van der Waals surface area (Å²) >= 11 is 0. The molecular weight excluding hydrogens is 1770 g/mol. The number of para-hydroxylation sites is 3. The minimum Gasteiger partial charge on any atom is -0.662 e. The van der Waals surface area contributed by atoms with E-state index in [1.54, 1.807) is 47.5 Å². The van der Waals surface area contributed by atoms with E-state index in [1.165, 1.54) is 57.0 Å². The van der Waals surface area contributed by atoms with Gasteiger partial charge in [0.25, 0.3) is 0 Å². The maximum absolute atomic E-state index is 8.63. The van der Waals surface area contributed by atoms with Crippen LogP contribution in [0.25, 0.3) is 117 Å². The Morgan fingerprint density at radius 1 is 0.372 bits per heavy atom. The molecule has 0 spiro atoms. The van der Waals surface area contributed by atoms with Gasteiger partial charge in [0.15, 0.2) is 0 Å². The summed E-state index contributed by atoms with van der Waals surface area (Å²) in [7, 11) is 2.02. The molecule has 7 aromatic heterocycles. The van der Waals surface area contributed by atoms with Gasteiger partial charge < -0.3 is 34.2 Å². The Bertz CT molecular complexity index is 6290.